The maximum atomic E-state index is 10.2. The molecule has 1 N–H and O–H groups in total. The molecule has 64 valence electrons. The Labute approximate surface area is 63.4 Å². The summed E-state index contributed by atoms with van der Waals surface area (Å²) in [6.45, 7) is 2.18. The Hall–Kier alpha value is -0.920. The van der Waals surface area contributed by atoms with Crippen LogP contribution in [0.25, 0.3) is 0 Å². The van der Waals surface area contributed by atoms with E-state index >= 15 is 0 Å². The van der Waals surface area contributed by atoms with Gasteiger partial charge in [0.25, 0.3) is 0 Å². The topological polar surface area (TPSA) is 89.9 Å². The van der Waals surface area contributed by atoms with Crippen LogP contribution in [0.15, 0.2) is 12.7 Å². The van der Waals surface area contributed by atoms with E-state index in [4.69, 9.17) is 4.55 Å². The summed E-state index contributed by atoms with van der Waals surface area (Å²) in [7, 11) is -4.54. The maximum Gasteiger partial charge on any atom is 0.400 e. The maximum absolute atomic E-state index is 10.2. The molecule has 0 aromatic heterocycles. The van der Waals surface area contributed by atoms with Crippen molar-refractivity contribution in [2.45, 2.75) is 0 Å². The monoisotopic (exact) mass is 182 g/mol. The second kappa shape index (κ2) is 4.06. The van der Waals surface area contributed by atoms with E-state index in [1.807, 2.05) is 0 Å². The largest absolute Gasteiger partial charge is 0.434 e. The van der Waals surface area contributed by atoms with Gasteiger partial charge in [0, 0.05) is 6.08 Å². The highest BCUT2D eigenvalue weighted by Crippen LogP contribution is 1.87. The van der Waals surface area contributed by atoms with Crippen LogP contribution in [0.5, 0.6) is 0 Å². The third kappa shape index (κ3) is 6.97. The smallest absolute Gasteiger partial charge is 0.400 e. The summed E-state index contributed by atoms with van der Waals surface area (Å²) in [6.07, 6.45) is 0.827. The molecule has 0 saturated carbocycles. The fourth-order valence-corrected chi connectivity index (χ4v) is 0.372. The molecule has 0 atom stereocenters. The van der Waals surface area contributed by atoms with Crippen molar-refractivity contribution in [2.24, 2.45) is 0 Å². The fourth-order valence-electron chi connectivity index (χ4n) is 0.202. The molecule has 0 bridgehead atoms. The van der Waals surface area contributed by atoms with Crippen LogP contribution in [0.1, 0.15) is 0 Å². The molecule has 11 heavy (non-hydrogen) atoms. The van der Waals surface area contributed by atoms with E-state index in [1.54, 1.807) is 0 Å². The van der Waals surface area contributed by atoms with Crippen molar-refractivity contribution in [1.29, 1.82) is 0 Å². The number of ether oxygens (including phenoxy) is 1. The van der Waals surface area contributed by atoms with Crippen LogP contribution in [-0.4, -0.2) is 25.7 Å². The first-order chi connectivity index (χ1) is 4.95. The molecule has 0 rings (SSSR count). The number of hydrogen-bond donors (Lipinski definition) is 1. The van der Waals surface area contributed by atoms with Crippen LogP contribution in [0, 0.1) is 0 Å². The standard InChI is InChI=1S/C4H6O6S/c1-2-4(5)9-3-10-11(6,7)8/h2H,1,3H2,(H,6,7,8). The molecule has 0 amide bonds. The van der Waals surface area contributed by atoms with Crippen molar-refractivity contribution in [3.8, 4) is 0 Å². The predicted octanol–water partition coefficient (Wildman–Crippen LogP) is -0.508. The first-order valence-electron chi connectivity index (χ1n) is 2.37. The lowest BCUT2D eigenvalue weighted by Crippen LogP contribution is -2.10. The van der Waals surface area contributed by atoms with Crippen LogP contribution in [0.2, 0.25) is 0 Å². The minimum absolute atomic E-state index is 0.827. The van der Waals surface area contributed by atoms with E-state index in [0.717, 1.165) is 6.08 Å². The number of carbonyl (C=O) groups is 1. The molecular formula is C4H6O6S. The van der Waals surface area contributed by atoms with E-state index in [2.05, 4.69) is 15.5 Å². The second-order valence-electron chi connectivity index (χ2n) is 1.33. The summed E-state index contributed by atoms with van der Waals surface area (Å²) in [5.41, 5.74) is 0. The molecule has 0 saturated heterocycles. The zero-order valence-electron chi connectivity index (χ0n) is 5.39. The van der Waals surface area contributed by atoms with Crippen LogP contribution in [0.3, 0.4) is 0 Å². The van der Waals surface area contributed by atoms with Crippen molar-refractivity contribution < 1.29 is 26.7 Å². The van der Waals surface area contributed by atoms with Gasteiger partial charge in [-0.3, -0.25) is 4.55 Å². The highest BCUT2D eigenvalue weighted by atomic mass is 32.3. The van der Waals surface area contributed by atoms with Crippen LogP contribution >= 0.6 is 0 Å². The summed E-state index contributed by atoms with van der Waals surface area (Å²) in [6, 6.07) is 0. The van der Waals surface area contributed by atoms with Crippen molar-refractivity contribution in [3.05, 3.63) is 12.7 Å². The van der Waals surface area contributed by atoms with Gasteiger partial charge < -0.3 is 4.74 Å². The molecule has 0 unspecified atom stereocenters. The Morgan fingerprint density at radius 1 is 1.64 bits per heavy atom. The third-order valence-corrected chi connectivity index (χ3v) is 0.959. The molecule has 0 aliphatic heterocycles. The lowest BCUT2D eigenvalue weighted by molar-refractivity contribution is -0.144. The van der Waals surface area contributed by atoms with Gasteiger partial charge in [0.05, 0.1) is 0 Å². The van der Waals surface area contributed by atoms with E-state index < -0.39 is 23.2 Å². The Morgan fingerprint density at radius 2 is 2.18 bits per heavy atom. The summed E-state index contributed by atoms with van der Waals surface area (Å²) >= 11 is 0. The van der Waals surface area contributed by atoms with Gasteiger partial charge in [-0.1, -0.05) is 6.58 Å². The van der Waals surface area contributed by atoms with Gasteiger partial charge in [-0.05, 0) is 0 Å². The van der Waals surface area contributed by atoms with Gasteiger partial charge in [-0.2, -0.15) is 8.42 Å². The first-order valence-corrected chi connectivity index (χ1v) is 3.73. The Balaban J connectivity index is 3.59. The summed E-state index contributed by atoms with van der Waals surface area (Å²) in [5, 5.41) is 0. The second-order valence-corrected chi connectivity index (χ2v) is 2.42. The highest BCUT2D eigenvalue weighted by molar-refractivity contribution is 7.80. The first kappa shape index (κ1) is 10.1. The fraction of sp³-hybridized carbons (Fsp3) is 0.250. The van der Waals surface area contributed by atoms with Gasteiger partial charge in [-0.25, -0.2) is 8.98 Å². The average Bonchev–Trinajstić information content (AvgIpc) is 1.85. The lowest BCUT2D eigenvalue weighted by atomic mass is 10.7. The lowest BCUT2D eigenvalue weighted by Gasteiger charge is -1.98. The molecule has 0 heterocycles. The molecule has 6 nitrogen and oxygen atoms in total. The Kier molecular flexibility index (Phi) is 3.72. The zero-order chi connectivity index (χ0) is 8.91. The van der Waals surface area contributed by atoms with Gasteiger partial charge in [0.2, 0.25) is 6.79 Å². The molecule has 0 aromatic carbocycles. The molecule has 0 aliphatic carbocycles. The number of hydrogen-bond acceptors (Lipinski definition) is 5. The van der Waals surface area contributed by atoms with Gasteiger partial charge in [0.15, 0.2) is 0 Å². The van der Waals surface area contributed by atoms with Crippen LogP contribution in [0.4, 0.5) is 0 Å². The Bertz CT molecular complexity index is 239. The molecule has 0 radical (unpaired) electrons. The minimum Gasteiger partial charge on any atom is -0.434 e. The normalized spacial score (nSPS) is 10.6. The number of rotatable bonds is 4. The van der Waals surface area contributed by atoms with Crippen molar-refractivity contribution in [1.82, 2.24) is 0 Å². The third-order valence-electron chi connectivity index (χ3n) is 0.565. The van der Waals surface area contributed by atoms with Gasteiger partial charge in [-0.15, -0.1) is 0 Å². The van der Waals surface area contributed by atoms with E-state index in [9.17, 15) is 13.2 Å². The van der Waals surface area contributed by atoms with E-state index in [0.29, 0.717) is 0 Å². The summed E-state index contributed by atoms with van der Waals surface area (Å²) in [4.78, 5) is 10.2. The highest BCUT2D eigenvalue weighted by Gasteiger charge is 2.04. The molecule has 0 aromatic rings. The minimum atomic E-state index is -4.54. The van der Waals surface area contributed by atoms with Crippen molar-refractivity contribution in [3.63, 3.8) is 0 Å². The SMILES string of the molecule is C=CC(=O)OCOS(=O)(=O)O. The molecular weight excluding hydrogens is 176 g/mol. The zero-order valence-corrected chi connectivity index (χ0v) is 6.20. The van der Waals surface area contributed by atoms with Gasteiger partial charge >= 0.3 is 16.4 Å². The van der Waals surface area contributed by atoms with Crippen LogP contribution < -0.4 is 0 Å². The predicted molar refractivity (Wildman–Crippen MR) is 33.8 cm³/mol. The van der Waals surface area contributed by atoms with E-state index in [1.165, 1.54) is 0 Å². The Morgan fingerprint density at radius 3 is 2.55 bits per heavy atom. The summed E-state index contributed by atoms with van der Waals surface area (Å²) in [5.74, 6) is -0.839. The molecule has 0 spiro atoms. The van der Waals surface area contributed by atoms with E-state index in [-0.39, 0.29) is 0 Å². The number of esters is 1. The molecule has 0 fully saturated rings. The van der Waals surface area contributed by atoms with Gasteiger partial charge in [0.1, 0.15) is 0 Å². The quantitative estimate of drug-likeness (QED) is 0.272. The summed E-state index contributed by atoms with van der Waals surface area (Å²) < 4.78 is 35.3. The number of carbonyl (C=O) groups excluding carboxylic acids is 1. The van der Waals surface area contributed by atoms with Crippen LogP contribution in [-0.2, 0) is 24.1 Å². The average molecular weight is 182 g/mol. The molecule has 0 aliphatic rings. The van der Waals surface area contributed by atoms with Crippen molar-refractivity contribution >= 4 is 16.4 Å². The molecule has 7 heteroatoms. The van der Waals surface area contributed by atoms with Crippen molar-refractivity contribution in [2.75, 3.05) is 6.79 Å².